The lowest BCUT2D eigenvalue weighted by Gasteiger charge is -2.38. The summed E-state index contributed by atoms with van der Waals surface area (Å²) < 4.78 is 13.4. The molecule has 0 amide bonds. The van der Waals surface area contributed by atoms with Gasteiger partial charge in [-0.25, -0.2) is 4.68 Å². The van der Waals surface area contributed by atoms with Crippen molar-refractivity contribution in [2.24, 2.45) is 5.41 Å². The molecule has 0 fully saturated rings. The van der Waals surface area contributed by atoms with Crippen LogP contribution in [0.5, 0.6) is 11.5 Å². The highest BCUT2D eigenvalue weighted by Gasteiger charge is 2.42. The Morgan fingerprint density at radius 2 is 1.71 bits per heavy atom. The van der Waals surface area contributed by atoms with E-state index < -0.39 is 0 Å². The Bertz CT molecular complexity index is 1520. The van der Waals surface area contributed by atoms with Crippen LogP contribution in [0.4, 0.5) is 5.95 Å². The lowest BCUT2D eigenvalue weighted by molar-refractivity contribution is -0.118. The number of methoxy groups -OCH3 is 1. The normalized spacial score (nSPS) is 17.9. The van der Waals surface area contributed by atoms with Crippen molar-refractivity contribution in [3.63, 3.8) is 0 Å². The number of anilines is 1. The second-order valence-corrected chi connectivity index (χ2v) is 10.6. The zero-order valence-corrected chi connectivity index (χ0v) is 21.8. The Hall–Kier alpha value is -4.39. The van der Waals surface area contributed by atoms with E-state index in [4.69, 9.17) is 19.6 Å². The van der Waals surface area contributed by atoms with Gasteiger partial charge in [-0.2, -0.15) is 4.98 Å². The molecule has 192 valence electrons. The van der Waals surface area contributed by atoms with Crippen molar-refractivity contribution < 1.29 is 14.3 Å². The van der Waals surface area contributed by atoms with E-state index in [0.717, 1.165) is 40.1 Å². The number of nitrogens with zero attached hydrogens (tertiary/aromatic N) is 3. The van der Waals surface area contributed by atoms with Crippen molar-refractivity contribution >= 4 is 11.7 Å². The number of benzene rings is 3. The summed E-state index contributed by atoms with van der Waals surface area (Å²) in [4.78, 5) is 18.4. The molecule has 1 aromatic heterocycles. The van der Waals surface area contributed by atoms with E-state index >= 15 is 0 Å². The van der Waals surface area contributed by atoms with Crippen LogP contribution in [0.2, 0.25) is 0 Å². The number of rotatable bonds is 6. The van der Waals surface area contributed by atoms with Gasteiger partial charge in [-0.15, -0.1) is 5.10 Å². The molecular weight excluding hydrogens is 476 g/mol. The summed E-state index contributed by atoms with van der Waals surface area (Å²) in [6.45, 7) is 4.75. The van der Waals surface area contributed by atoms with Gasteiger partial charge in [0.25, 0.3) is 0 Å². The van der Waals surface area contributed by atoms with Gasteiger partial charge in [-0.1, -0.05) is 68.4 Å². The topological polar surface area (TPSA) is 78.3 Å². The fourth-order valence-electron chi connectivity index (χ4n) is 5.35. The van der Waals surface area contributed by atoms with Crippen molar-refractivity contribution in [3.05, 3.63) is 101 Å². The van der Waals surface area contributed by atoms with Crippen molar-refractivity contribution in [2.45, 2.75) is 39.3 Å². The molecule has 1 N–H and O–H groups in total. The van der Waals surface area contributed by atoms with Gasteiger partial charge in [0, 0.05) is 17.7 Å². The van der Waals surface area contributed by atoms with Crippen molar-refractivity contribution in [3.8, 4) is 22.9 Å². The van der Waals surface area contributed by atoms with E-state index in [2.05, 4.69) is 19.2 Å². The summed E-state index contributed by atoms with van der Waals surface area (Å²) in [5.41, 5.74) is 4.41. The van der Waals surface area contributed by atoms with E-state index in [0.29, 0.717) is 30.5 Å². The molecule has 7 nitrogen and oxygen atoms in total. The Kier molecular flexibility index (Phi) is 5.98. The molecule has 6 rings (SSSR count). The molecule has 0 radical (unpaired) electrons. The Morgan fingerprint density at radius 3 is 2.47 bits per heavy atom. The standard InChI is InChI=1S/C31H30N4O3/c1-31(2)17-24-27(25(36)18-31)28(21-13-15-22(16-14-21)38-19-20-9-5-4-6-10-20)35-30(32-24)33-29(34-35)23-11-7-8-12-26(23)37-3/h4-16,28H,17-19H2,1-3H3,(H,32,33,34). The average Bonchev–Trinajstić information content (AvgIpc) is 3.34. The highest BCUT2D eigenvalue weighted by atomic mass is 16.5. The number of hydrogen-bond acceptors (Lipinski definition) is 6. The van der Waals surface area contributed by atoms with Crippen LogP contribution in [0.25, 0.3) is 11.4 Å². The van der Waals surface area contributed by atoms with Gasteiger partial charge < -0.3 is 14.8 Å². The number of carbonyl (C=O) groups is 1. The maximum Gasteiger partial charge on any atom is 0.226 e. The maximum absolute atomic E-state index is 13.5. The van der Waals surface area contributed by atoms with Crippen LogP contribution in [0.3, 0.4) is 0 Å². The smallest absolute Gasteiger partial charge is 0.226 e. The molecular formula is C31H30N4O3. The van der Waals surface area contributed by atoms with Crippen LogP contribution in [-0.4, -0.2) is 27.7 Å². The summed E-state index contributed by atoms with van der Waals surface area (Å²) in [6, 6.07) is 25.3. The van der Waals surface area contributed by atoms with Crippen LogP contribution < -0.4 is 14.8 Å². The molecule has 1 aliphatic carbocycles. The van der Waals surface area contributed by atoms with Crippen LogP contribution in [0, 0.1) is 5.41 Å². The number of ketones is 1. The van der Waals surface area contributed by atoms with E-state index in [9.17, 15) is 4.79 Å². The lowest BCUT2D eigenvalue weighted by Crippen LogP contribution is -2.36. The monoisotopic (exact) mass is 506 g/mol. The van der Waals surface area contributed by atoms with Crippen molar-refractivity contribution in [1.29, 1.82) is 0 Å². The molecule has 2 heterocycles. The number of aromatic nitrogens is 3. The molecule has 1 atom stereocenters. The number of nitrogens with one attached hydrogen (secondary N) is 1. The molecule has 2 aliphatic rings. The molecule has 0 spiro atoms. The van der Waals surface area contributed by atoms with Gasteiger partial charge in [0.05, 0.1) is 12.7 Å². The molecule has 0 saturated carbocycles. The number of Topliss-reactive ketones (excluding diaryl/α,β-unsaturated/α-hetero) is 1. The first-order valence-electron chi connectivity index (χ1n) is 12.8. The minimum Gasteiger partial charge on any atom is -0.496 e. The Balaban J connectivity index is 1.39. The summed E-state index contributed by atoms with van der Waals surface area (Å²) in [5.74, 6) is 2.76. The molecule has 1 unspecified atom stereocenters. The predicted molar refractivity (Wildman–Crippen MR) is 146 cm³/mol. The molecule has 7 heteroatoms. The number of allylic oxidation sites excluding steroid dienone is 2. The SMILES string of the molecule is COc1ccccc1-c1nc2n(n1)C(c1ccc(OCc3ccccc3)cc1)C1=C(CC(C)(C)CC1=O)N2. The van der Waals surface area contributed by atoms with Gasteiger partial charge >= 0.3 is 0 Å². The highest BCUT2D eigenvalue weighted by Crippen LogP contribution is 2.46. The number of para-hydroxylation sites is 1. The summed E-state index contributed by atoms with van der Waals surface area (Å²) >= 11 is 0. The van der Waals surface area contributed by atoms with E-state index in [1.165, 1.54) is 0 Å². The minimum absolute atomic E-state index is 0.129. The molecule has 3 aromatic carbocycles. The first-order chi connectivity index (χ1) is 18.4. The molecule has 0 bridgehead atoms. The second-order valence-electron chi connectivity index (χ2n) is 10.6. The van der Waals surface area contributed by atoms with Gasteiger partial charge in [-0.3, -0.25) is 4.79 Å². The van der Waals surface area contributed by atoms with Crippen LogP contribution >= 0.6 is 0 Å². The van der Waals surface area contributed by atoms with E-state index in [1.54, 1.807) is 7.11 Å². The number of ether oxygens (including phenoxy) is 2. The first-order valence-corrected chi connectivity index (χ1v) is 12.8. The fraction of sp³-hybridized carbons (Fsp3) is 0.258. The predicted octanol–water partition coefficient (Wildman–Crippen LogP) is 6.19. The molecule has 38 heavy (non-hydrogen) atoms. The van der Waals surface area contributed by atoms with Crippen LogP contribution in [-0.2, 0) is 11.4 Å². The number of carbonyl (C=O) groups excluding carboxylic acids is 1. The Labute approximate surface area is 222 Å². The fourth-order valence-corrected chi connectivity index (χ4v) is 5.35. The van der Waals surface area contributed by atoms with Gasteiger partial charge in [0.15, 0.2) is 11.6 Å². The number of hydrogen-bond donors (Lipinski definition) is 1. The zero-order valence-electron chi connectivity index (χ0n) is 21.8. The van der Waals surface area contributed by atoms with Crippen molar-refractivity contribution in [1.82, 2.24) is 14.8 Å². The highest BCUT2D eigenvalue weighted by molar-refractivity contribution is 6.00. The lowest BCUT2D eigenvalue weighted by atomic mass is 9.73. The van der Waals surface area contributed by atoms with E-state index in [-0.39, 0.29) is 17.2 Å². The molecule has 4 aromatic rings. The van der Waals surface area contributed by atoms with Gasteiger partial charge in [0.2, 0.25) is 5.95 Å². The third-order valence-electron chi connectivity index (χ3n) is 7.12. The van der Waals surface area contributed by atoms with Crippen LogP contribution in [0.1, 0.15) is 43.9 Å². The van der Waals surface area contributed by atoms with Gasteiger partial charge in [-0.05, 0) is 47.2 Å². The van der Waals surface area contributed by atoms with Crippen LogP contribution in [0.15, 0.2) is 90.1 Å². The maximum atomic E-state index is 13.5. The molecule has 0 saturated heterocycles. The van der Waals surface area contributed by atoms with Crippen molar-refractivity contribution in [2.75, 3.05) is 12.4 Å². The second kappa shape index (κ2) is 9.49. The first kappa shape index (κ1) is 24.0. The largest absolute Gasteiger partial charge is 0.496 e. The minimum atomic E-state index is -0.385. The average molecular weight is 507 g/mol. The van der Waals surface area contributed by atoms with Gasteiger partial charge in [0.1, 0.15) is 24.1 Å². The third-order valence-corrected chi connectivity index (χ3v) is 7.12. The summed E-state index contributed by atoms with van der Waals surface area (Å²) in [5, 5.41) is 8.34. The number of fused-ring (bicyclic) bond motifs is 1. The zero-order chi connectivity index (χ0) is 26.3. The quantitative estimate of drug-likeness (QED) is 0.336. The molecule has 1 aliphatic heterocycles. The summed E-state index contributed by atoms with van der Waals surface area (Å²) in [6.07, 6.45) is 1.26. The van der Waals surface area contributed by atoms with E-state index in [1.807, 2.05) is 83.5 Å². The third kappa shape index (κ3) is 4.45. The Morgan fingerprint density at radius 1 is 0.974 bits per heavy atom. The summed E-state index contributed by atoms with van der Waals surface area (Å²) in [7, 11) is 1.64.